The number of amides is 2. The maximum Gasteiger partial charge on any atom is 0.411 e. The van der Waals surface area contributed by atoms with E-state index in [4.69, 9.17) is 21.1 Å². The van der Waals surface area contributed by atoms with E-state index >= 15 is 0 Å². The Morgan fingerprint density at radius 1 is 0.926 bits per heavy atom. The van der Waals surface area contributed by atoms with Crippen LogP contribution in [-0.4, -0.2) is 55.5 Å². The van der Waals surface area contributed by atoms with E-state index in [9.17, 15) is 19.2 Å². The summed E-state index contributed by atoms with van der Waals surface area (Å²) >= 11 is 6.26. The number of aromatic amines is 1. The number of carbonyl (C=O) groups is 3. The number of rotatable bonds is 13. The fraction of sp³-hybridized carbons (Fsp3) is 0.128. The standard InChI is InChI=1S/C39H33ClN8O6/c1-53-37(50)20-26-7-11-28(12-8-26)32-22-34(44-45-38(32)51)33(43-36(49)18-13-29-21-30(40)14-17-35(29)48-24-41-46-47-48)19-25-9-15-31(16-10-25)42-39(52)54-23-27-5-3-2-4-6-27/h2-18,21-22,24,33H,19-20,23H2,1H3,(H,42,52)(H,43,49)(H,45,51)/b18-13+/t33-/m0/s1. The molecule has 14 nitrogen and oxygen atoms in total. The van der Waals surface area contributed by atoms with E-state index in [0.29, 0.717) is 38.8 Å². The fourth-order valence-corrected chi connectivity index (χ4v) is 5.63. The van der Waals surface area contributed by atoms with Crippen LogP contribution in [0.15, 0.2) is 120 Å². The second-order valence-electron chi connectivity index (χ2n) is 11.9. The summed E-state index contributed by atoms with van der Waals surface area (Å²) in [6.45, 7) is 0.128. The summed E-state index contributed by atoms with van der Waals surface area (Å²) in [5, 5.41) is 24.3. The molecule has 0 bridgehead atoms. The molecular weight excluding hydrogens is 712 g/mol. The monoisotopic (exact) mass is 744 g/mol. The first kappa shape index (κ1) is 36.8. The van der Waals surface area contributed by atoms with E-state index in [1.54, 1.807) is 78.9 Å². The minimum Gasteiger partial charge on any atom is -0.469 e. The minimum atomic E-state index is -0.718. The van der Waals surface area contributed by atoms with Crippen molar-refractivity contribution in [3.05, 3.63) is 159 Å². The summed E-state index contributed by atoms with van der Waals surface area (Å²) in [5.74, 6) is -0.836. The average molecular weight is 745 g/mol. The lowest BCUT2D eigenvalue weighted by molar-refractivity contribution is -0.139. The predicted octanol–water partition coefficient (Wildman–Crippen LogP) is 5.64. The molecule has 0 radical (unpaired) electrons. The molecule has 3 N–H and O–H groups in total. The van der Waals surface area contributed by atoms with Gasteiger partial charge >= 0.3 is 12.1 Å². The lowest BCUT2D eigenvalue weighted by atomic mass is 9.99. The lowest BCUT2D eigenvalue weighted by Gasteiger charge is -2.18. The highest BCUT2D eigenvalue weighted by atomic mass is 35.5. The zero-order valence-electron chi connectivity index (χ0n) is 28.8. The summed E-state index contributed by atoms with van der Waals surface area (Å²) in [7, 11) is 1.32. The number of nitrogens with zero attached hydrogens (tertiary/aromatic N) is 5. The number of H-pyrrole nitrogens is 1. The number of aromatic nitrogens is 6. The van der Waals surface area contributed by atoms with E-state index in [2.05, 4.69) is 36.4 Å². The van der Waals surface area contributed by atoms with Crippen LogP contribution >= 0.6 is 11.6 Å². The quantitative estimate of drug-likeness (QED) is 0.0988. The third-order valence-corrected chi connectivity index (χ3v) is 8.43. The van der Waals surface area contributed by atoms with Crippen LogP contribution in [0.25, 0.3) is 22.9 Å². The first-order chi connectivity index (χ1) is 26.2. The van der Waals surface area contributed by atoms with Crippen LogP contribution in [-0.2, 0) is 38.5 Å². The molecule has 4 aromatic carbocycles. The van der Waals surface area contributed by atoms with Crippen molar-refractivity contribution in [3.63, 3.8) is 0 Å². The molecule has 0 fully saturated rings. The number of hydrogen-bond donors (Lipinski definition) is 3. The lowest BCUT2D eigenvalue weighted by Crippen LogP contribution is -2.30. The largest absolute Gasteiger partial charge is 0.469 e. The zero-order chi connectivity index (χ0) is 37.9. The summed E-state index contributed by atoms with van der Waals surface area (Å²) in [6, 6.07) is 29.3. The molecule has 2 amide bonds. The topological polar surface area (TPSA) is 183 Å². The Morgan fingerprint density at radius 2 is 1.69 bits per heavy atom. The predicted molar refractivity (Wildman–Crippen MR) is 200 cm³/mol. The first-order valence-electron chi connectivity index (χ1n) is 16.6. The van der Waals surface area contributed by atoms with Crippen molar-refractivity contribution < 1.29 is 23.9 Å². The summed E-state index contributed by atoms with van der Waals surface area (Å²) in [5.41, 5.74) is 4.94. The van der Waals surface area contributed by atoms with Crippen LogP contribution in [0, 0.1) is 0 Å². The van der Waals surface area contributed by atoms with Gasteiger partial charge in [-0.25, -0.2) is 9.89 Å². The second-order valence-corrected chi connectivity index (χ2v) is 12.4. The van der Waals surface area contributed by atoms with Crippen LogP contribution < -0.4 is 16.2 Å². The molecule has 6 aromatic rings. The molecule has 0 unspecified atom stereocenters. The molecule has 272 valence electrons. The van der Waals surface area contributed by atoms with E-state index in [-0.39, 0.29) is 25.4 Å². The van der Waals surface area contributed by atoms with Crippen molar-refractivity contribution in [3.8, 4) is 16.8 Å². The Labute approximate surface area is 313 Å². The number of carbonyl (C=O) groups excluding carboxylic acids is 3. The Kier molecular flexibility index (Phi) is 12.0. The van der Waals surface area contributed by atoms with Crippen molar-refractivity contribution in [2.24, 2.45) is 0 Å². The van der Waals surface area contributed by atoms with Crippen molar-refractivity contribution >= 4 is 41.3 Å². The van der Waals surface area contributed by atoms with Crippen molar-refractivity contribution in [1.29, 1.82) is 0 Å². The van der Waals surface area contributed by atoms with E-state index in [1.165, 1.54) is 24.2 Å². The van der Waals surface area contributed by atoms with Crippen LogP contribution in [0.3, 0.4) is 0 Å². The Hall–Kier alpha value is -6.93. The van der Waals surface area contributed by atoms with Gasteiger partial charge in [0.05, 0.1) is 36.5 Å². The van der Waals surface area contributed by atoms with Gasteiger partial charge in [-0.2, -0.15) is 9.78 Å². The average Bonchev–Trinajstić information content (AvgIpc) is 3.73. The van der Waals surface area contributed by atoms with E-state index in [0.717, 1.165) is 16.7 Å². The number of tetrazole rings is 1. The third kappa shape index (κ3) is 9.89. The highest BCUT2D eigenvalue weighted by Crippen LogP contribution is 2.24. The smallest absolute Gasteiger partial charge is 0.411 e. The van der Waals surface area contributed by atoms with Crippen molar-refractivity contribution in [2.75, 3.05) is 12.4 Å². The van der Waals surface area contributed by atoms with E-state index in [1.807, 2.05) is 30.3 Å². The number of halogens is 1. The maximum atomic E-state index is 13.5. The second kappa shape index (κ2) is 17.5. The normalized spacial score (nSPS) is 11.5. The van der Waals surface area contributed by atoms with Gasteiger partial charge in [-0.05, 0) is 81.6 Å². The summed E-state index contributed by atoms with van der Waals surface area (Å²) < 4.78 is 11.5. The molecule has 6 rings (SSSR count). The van der Waals surface area contributed by atoms with Crippen LogP contribution in [0.4, 0.5) is 10.5 Å². The number of anilines is 1. The number of benzene rings is 4. The van der Waals surface area contributed by atoms with Crippen LogP contribution in [0.2, 0.25) is 5.02 Å². The molecule has 0 spiro atoms. The SMILES string of the molecule is COC(=O)Cc1ccc(-c2cc([C@H](Cc3ccc(NC(=O)OCc4ccccc4)cc3)NC(=O)/C=C/c3cc(Cl)ccc3-n3cnnn3)n[nH]c2=O)cc1. The molecule has 15 heteroatoms. The molecule has 0 saturated heterocycles. The Morgan fingerprint density at radius 3 is 2.41 bits per heavy atom. The minimum absolute atomic E-state index is 0.0892. The zero-order valence-corrected chi connectivity index (χ0v) is 29.6. The van der Waals surface area contributed by atoms with E-state index < -0.39 is 23.6 Å². The number of methoxy groups -OCH3 is 1. The number of hydrogen-bond acceptors (Lipinski definition) is 10. The van der Waals surface area contributed by atoms with Gasteiger partial charge in [0, 0.05) is 22.3 Å². The first-order valence-corrected chi connectivity index (χ1v) is 17.0. The van der Waals surface area contributed by atoms with Gasteiger partial charge in [-0.3, -0.25) is 19.7 Å². The van der Waals surface area contributed by atoms with Crippen LogP contribution in [0.1, 0.15) is 34.0 Å². The highest BCUT2D eigenvalue weighted by Gasteiger charge is 2.19. The van der Waals surface area contributed by atoms with Gasteiger partial charge in [0.1, 0.15) is 12.9 Å². The molecule has 54 heavy (non-hydrogen) atoms. The Bertz CT molecular complexity index is 2310. The Balaban J connectivity index is 1.23. The van der Waals surface area contributed by atoms with Gasteiger partial charge in [0.25, 0.3) is 5.56 Å². The molecule has 0 saturated carbocycles. The molecule has 2 aromatic heterocycles. The van der Waals surface area contributed by atoms with Gasteiger partial charge in [-0.15, -0.1) is 5.10 Å². The third-order valence-electron chi connectivity index (χ3n) is 8.19. The van der Waals surface area contributed by atoms with Gasteiger partial charge < -0.3 is 14.8 Å². The maximum absolute atomic E-state index is 13.5. The molecule has 0 aliphatic carbocycles. The molecule has 0 aliphatic rings. The highest BCUT2D eigenvalue weighted by molar-refractivity contribution is 6.30. The van der Waals surface area contributed by atoms with Crippen LogP contribution in [0.5, 0.6) is 0 Å². The fourth-order valence-electron chi connectivity index (χ4n) is 5.45. The van der Waals surface area contributed by atoms with Crippen molar-refractivity contribution in [1.82, 2.24) is 35.7 Å². The molecule has 2 heterocycles. The summed E-state index contributed by atoms with van der Waals surface area (Å²) in [4.78, 5) is 50.7. The van der Waals surface area contributed by atoms with Gasteiger partial charge in [0.2, 0.25) is 5.91 Å². The number of ether oxygens (including phenoxy) is 2. The van der Waals surface area contributed by atoms with Crippen molar-refractivity contribution in [2.45, 2.75) is 25.5 Å². The molecular formula is C39H33ClN8O6. The van der Waals surface area contributed by atoms with Gasteiger partial charge in [-0.1, -0.05) is 78.3 Å². The number of nitrogens with one attached hydrogen (secondary N) is 3. The number of esters is 1. The molecule has 0 aliphatic heterocycles. The molecule has 1 atom stereocenters. The van der Waals surface area contributed by atoms with Gasteiger partial charge in [0.15, 0.2) is 0 Å². The summed E-state index contributed by atoms with van der Waals surface area (Å²) in [6.07, 6.45) is 4.13.